The van der Waals surface area contributed by atoms with Gasteiger partial charge in [-0.2, -0.15) is 0 Å². The average molecular weight is 526 g/mol. The molecule has 0 unspecified atom stereocenters. The van der Waals surface area contributed by atoms with Gasteiger partial charge in [0, 0.05) is 27.5 Å². The zero-order valence-electron chi connectivity index (χ0n) is 22.0. The fourth-order valence-corrected chi connectivity index (χ4v) is 5.41. The van der Waals surface area contributed by atoms with E-state index in [2.05, 4.69) is 78.9 Å². The first kappa shape index (κ1) is 23.3. The van der Waals surface area contributed by atoms with Crippen molar-refractivity contribution >= 4 is 32.7 Å². The highest BCUT2D eigenvalue weighted by atomic mass is 16.3. The fraction of sp³-hybridized carbons (Fsp3) is 0. The largest absolute Gasteiger partial charge is 0.456 e. The van der Waals surface area contributed by atoms with Gasteiger partial charge in [-0.1, -0.05) is 109 Å². The first-order valence-electron chi connectivity index (χ1n) is 13.6. The van der Waals surface area contributed by atoms with Crippen LogP contribution in [-0.2, 0) is 0 Å². The molecule has 0 fully saturated rings. The Kier molecular flexibility index (Phi) is 5.42. The highest BCUT2D eigenvalue weighted by Crippen LogP contribution is 2.35. The smallest absolute Gasteiger partial charge is 0.164 e. The molecule has 6 aromatic carbocycles. The average Bonchev–Trinajstić information content (AvgIpc) is 3.42. The maximum atomic E-state index is 6.31. The van der Waals surface area contributed by atoms with Gasteiger partial charge in [0.2, 0.25) is 0 Å². The molecule has 8 aromatic rings. The van der Waals surface area contributed by atoms with E-state index in [-0.39, 0.29) is 0 Å². The number of furan rings is 1. The minimum atomic E-state index is 0.606. The lowest BCUT2D eigenvalue weighted by molar-refractivity contribution is 0.669. The van der Waals surface area contributed by atoms with Gasteiger partial charge >= 0.3 is 0 Å². The van der Waals surface area contributed by atoms with Gasteiger partial charge in [-0.15, -0.1) is 0 Å². The van der Waals surface area contributed by atoms with Crippen LogP contribution < -0.4 is 0 Å². The van der Waals surface area contributed by atoms with Crippen LogP contribution in [0.1, 0.15) is 0 Å². The van der Waals surface area contributed by atoms with Crippen LogP contribution in [0.15, 0.2) is 144 Å². The quantitative estimate of drug-likeness (QED) is 0.230. The predicted molar refractivity (Wildman–Crippen MR) is 166 cm³/mol. The van der Waals surface area contributed by atoms with Crippen LogP contribution in [0.5, 0.6) is 0 Å². The molecule has 0 bridgehead atoms. The zero-order chi connectivity index (χ0) is 27.2. The summed E-state index contributed by atoms with van der Waals surface area (Å²) in [5.41, 5.74) is 6.77. The van der Waals surface area contributed by atoms with E-state index in [1.165, 1.54) is 10.9 Å². The molecule has 0 saturated carbocycles. The van der Waals surface area contributed by atoms with Crippen molar-refractivity contribution in [1.29, 1.82) is 0 Å². The standard InChI is InChI=1S/C37H23N3O/c1-3-9-24(10-4-1)28-18-20-33-32(22-28)31-19-17-30(23-34(31)41-33)37-39-35(26-12-5-2-6-13-26)38-36(40-37)29-16-15-25-11-7-8-14-27(25)21-29/h1-23H. The Labute approximate surface area is 236 Å². The van der Waals surface area contributed by atoms with Crippen LogP contribution >= 0.6 is 0 Å². The van der Waals surface area contributed by atoms with Gasteiger partial charge in [0.15, 0.2) is 17.5 Å². The van der Waals surface area contributed by atoms with Crippen LogP contribution in [0.3, 0.4) is 0 Å². The maximum absolute atomic E-state index is 6.31. The SMILES string of the molecule is c1ccc(-c2ccc3oc4cc(-c5nc(-c6ccccc6)nc(-c6ccc7ccccc7c6)n5)ccc4c3c2)cc1. The van der Waals surface area contributed by atoms with Crippen molar-refractivity contribution in [3.63, 3.8) is 0 Å². The Morgan fingerprint density at radius 1 is 0.341 bits per heavy atom. The van der Waals surface area contributed by atoms with Gasteiger partial charge in [-0.3, -0.25) is 0 Å². The third-order valence-electron chi connectivity index (χ3n) is 7.51. The van der Waals surface area contributed by atoms with E-state index >= 15 is 0 Å². The summed E-state index contributed by atoms with van der Waals surface area (Å²) in [6.45, 7) is 0. The van der Waals surface area contributed by atoms with Crippen molar-refractivity contribution in [1.82, 2.24) is 15.0 Å². The number of hydrogen-bond acceptors (Lipinski definition) is 4. The van der Waals surface area contributed by atoms with Crippen molar-refractivity contribution in [2.75, 3.05) is 0 Å². The summed E-state index contributed by atoms with van der Waals surface area (Å²) in [6, 6.07) is 47.6. The van der Waals surface area contributed by atoms with E-state index < -0.39 is 0 Å². The van der Waals surface area contributed by atoms with E-state index in [4.69, 9.17) is 19.4 Å². The molecule has 8 rings (SSSR count). The van der Waals surface area contributed by atoms with Crippen molar-refractivity contribution in [2.24, 2.45) is 0 Å². The first-order chi connectivity index (χ1) is 20.3. The molecular weight excluding hydrogens is 502 g/mol. The Balaban J connectivity index is 1.28. The summed E-state index contributed by atoms with van der Waals surface area (Å²) in [5.74, 6) is 1.88. The van der Waals surface area contributed by atoms with Crippen LogP contribution in [0.2, 0.25) is 0 Å². The highest BCUT2D eigenvalue weighted by Gasteiger charge is 2.15. The van der Waals surface area contributed by atoms with Gasteiger partial charge in [-0.25, -0.2) is 15.0 Å². The molecule has 192 valence electrons. The number of rotatable bonds is 4. The van der Waals surface area contributed by atoms with Crippen LogP contribution in [0.25, 0.3) is 78.0 Å². The van der Waals surface area contributed by atoms with Crippen molar-refractivity contribution in [3.05, 3.63) is 140 Å². The molecule has 0 saturated heterocycles. The Morgan fingerprint density at radius 2 is 0.927 bits per heavy atom. The molecule has 41 heavy (non-hydrogen) atoms. The minimum Gasteiger partial charge on any atom is -0.456 e. The second-order valence-electron chi connectivity index (χ2n) is 10.1. The number of fused-ring (bicyclic) bond motifs is 4. The summed E-state index contributed by atoms with van der Waals surface area (Å²) in [7, 11) is 0. The number of hydrogen-bond donors (Lipinski definition) is 0. The Hall–Kier alpha value is -5.61. The van der Waals surface area contributed by atoms with Gasteiger partial charge in [0.05, 0.1) is 0 Å². The van der Waals surface area contributed by atoms with Crippen molar-refractivity contribution in [2.45, 2.75) is 0 Å². The van der Waals surface area contributed by atoms with Gasteiger partial charge in [0.25, 0.3) is 0 Å². The Bertz CT molecular complexity index is 2200. The van der Waals surface area contributed by atoms with E-state index in [1.54, 1.807) is 0 Å². The molecular formula is C37H23N3O. The van der Waals surface area contributed by atoms with Crippen molar-refractivity contribution in [3.8, 4) is 45.3 Å². The first-order valence-corrected chi connectivity index (χ1v) is 13.6. The van der Waals surface area contributed by atoms with Gasteiger partial charge < -0.3 is 4.42 Å². The molecule has 0 aliphatic heterocycles. The van der Waals surface area contributed by atoms with Gasteiger partial charge in [0.1, 0.15) is 11.2 Å². The molecule has 4 nitrogen and oxygen atoms in total. The van der Waals surface area contributed by atoms with Crippen molar-refractivity contribution < 1.29 is 4.42 Å². The number of nitrogens with zero attached hydrogens (tertiary/aromatic N) is 3. The molecule has 0 atom stereocenters. The molecule has 0 aliphatic rings. The lowest BCUT2D eigenvalue weighted by atomic mass is 10.0. The third-order valence-corrected chi connectivity index (χ3v) is 7.51. The highest BCUT2D eigenvalue weighted by molar-refractivity contribution is 6.07. The minimum absolute atomic E-state index is 0.606. The monoisotopic (exact) mass is 525 g/mol. The lowest BCUT2D eigenvalue weighted by Crippen LogP contribution is -2.00. The Morgan fingerprint density at radius 3 is 1.68 bits per heavy atom. The maximum Gasteiger partial charge on any atom is 0.164 e. The zero-order valence-corrected chi connectivity index (χ0v) is 22.0. The van der Waals surface area contributed by atoms with E-state index in [1.807, 2.05) is 60.7 Å². The van der Waals surface area contributed by atoms with Crippen LogP contribution in [0, 0.1) is 0 Å². The van der Waals surface area contributed by atoms with Crippen LogP contribution in [0.4, 0.5) is 0 Å². The summed E-state index contributed by atoms with van der Waals surface area (Å²) < 4.78 is 6.31. The lowest BCUT2D eigenvalue weighted by Gasteiger charge is -2.09. The normalized spacial score (nSPS) is 11.4. The summed E-state index contributed by atoms with van der Waals surface area (Å²) in [5, 5.41) is 4.48. The molecule has 0 amide bonds. The van der Waals surface area contributed by atoms with E-state index in [0.29, 0.717) is 17.5 Å². The molecule has 0 N–H and O–H groups in total. The summed E-state index contributed by atoms with van der Waals surface area (Å²) >= 11 is 0. The molecule has 0 radical (unpaired) electrons. The van der Waals surface area contributed by atoms with Gasteiger partial charge in [-0.05, 0) is 52.2 Å². The topological polar surface area (TPSA) is 51.8 Å². The van der Waals surface area contributed by atoms with Crippen LogP contribution in [-0.4, -0.2) is 15.0 Å². The molecule has 2 aromatic heterocycles. The molecule has 0 aliphatic carbocycles. The second kappa shape index (κ2) is 9.54. The molecule has 4 heteroatoms. The molecule has 0 spiro atoms. The fourth-order valence-electron chi connectivity index (χ4n) is 5.41. The molecule has 2 heterocycles. The second-order valence-corrected chi connectivity index (χ2v) is 10.1. The predicted octanol–water partition coefficient (Wildman–Crippen LogP) is 9.59. The number of aromatic nitrogens is 3. The summed E-state index contributed by atoms with van der Waals surface area (Å²) in [6.07, 6.45) is 0. The third kappa shape index (κ3) is 4.23. The summed E-state index contributed by atoms with van der Waals surface area (Å²) in [4.78, 5) is 14.8. The van der Waals surface area contributed by atoms with E-state index in [0.717, 1.165) is 49.6 Å². The van der Waals surface area contributed by atoms with E-state index in [9.17, 15) is 0 Å². The number of benzene rings is 6.